The van der Waals surface area contributed by atoms with Gasteiger partial charge in [0.25, 0.3) is 0 Å². The molecule has 3 atom stereocenters. The molecule has 2 heterocycles. The number of hydrogen-bond donors (Lipinski definition) is 2. The van der Waals surface area contributed by atoms with Crippen LogP contribution in [0.3, 0.4) is 0 Å². The number of Topliss-reactive ketones (excluding diaryl/α,β-unsaturated/α-hetero) is 1. The Balaban J connectivity index is 1.44. The first kappa shape index (κ1) is 16.2. The highest BCUT2D eigenvalue weighted by Gasteiger charge is 2.41. The van der Waals surface area contributed by atoms with Crippen LogP contribution in [-0.2, 0) is 16.1 Å². The van der Waals surface area contributed by atoms with Gasteiger partial charge in [-0.25, -0.2) is 0 Å². The quantitative estimate of drug-likeness (QED) is 0.843. The lowest BCUT2D eigenvalue weighted by Crippen LogP contribution is -2.56. The molecule has 130 valence electrons. The van der Waals surface area contributed by atoms with Gasteiger partial charge in [0.2, 0.25) is 5.91 Å². The van der Waals surface area contributed by atoms with Gasteiger partial charge in [0.15, 0.2) is 5.78 Å². The number of pyridine rings is 1. The predicted octanol–water partition coefficient (Wildman–Crippen LogP) is 2.20. The maximum absolute atomic E-state index is 12.7. The fraction of sp³-hybridized carbons (Fsp3) is 0.450. The molecule has 1 saturated heterocycles. The Labute approximate surface area is 147 Å². The minimum absolute atomic E-state index is 0.0115. The smallest absolute Gasteiger partial charge is 0.232 e. The Bertz CT molecular complexity index is 799. The molecule has 1 saturated carbocycles. The summed E-state index contributed by atoms with van der Waals surface area (Å²) < 4.78 is 0. The first-order chi connectivity index (χ1) is 12.2. The number of hydrogen-bond acceptors (Lipinski definition) is 4. The zero-order valence-electron chi connectivity index (χ0n) is 14.2. The van der Waals surface area contributed by atoms with Crippen molar-refractivity contribution in [2.45, 2.75) is 38.3 Å². The van der Waals surface area contributed by atoms with E-state index in [9.17, 15) is 9.59 Å². The molecule has 25 heavy (non-hydrogen) atoms. The Kier molecular flexibility index (Phi) is 4.49. The molecule has 1 aliphatic carbocycles. The molecule has 4 rings (SSSR count). The number of benzene rings is 1. The van der Waals surface area contributed by atoms with Crippen LogP contribution in [-0.4, -0.2) is 29.3 Å². The van der Waals surface area contributed by atoms with Crippen LogP contribution in [0.4, 0.5) is 0 Å². The van der Waals surface area contributed by atoms with E-state index in [4.69, 9.17) is 0 Å². The molecule has 2 N–H and O–H groups in total. The zero-order valence-corrected chi connectivity index (χ0v) is 14.2. The van der Waals surface area contributed by atoms with Gasteiger partial charge in [-0.2, -0.15) is 0 Å². The van der Waals surface area contributed by atoms with Crippen LogP contribution in [0.25, 0.3) is 10.9 Å². The topological polar surface area (TPSA) is 71.1 Å². The molecule has 1 aliphatic heterocycles. The van der Waals surface area contributed by atoms with E-state index in [1.807, 2.05) is 30.3 Å². The largest absolute Gasteiger partial charge is 0.351 e. The molecule has 0 spiro atoms. The molecule has 5 nitrogen and oxygen atoms in total. The highest BCUT2D eigenvalue weighted by atomic mass is 16.2. The molecule has 2 aliphatic rings. The van der Waals surface area contributed by atoms with Crippen LogP contribution in [0.2, 0.25) is 0 Å². The van der Waals surface area contributed by atoms with Gasteiger partial charge in [0, 0.05) is 36.6 Å². The summed E-state index contributed by atoms with van der Waals surface area (Å²) in [6.45, 7) is 0.852. The summed E-state index contributed by atoms with van der Waals surface area (Å²) in [6.07, 6.45) is 5.97. The van der Waals surface area contributed by atoms with Crippen molar-refractivity contribution in [2.75, 3.05) is 6.54 Å². The number of nitrogens with zero attached hydrogens (tertiary/aromatic N) is 1. The normalized spacial score (nSPS) is 26.2. The highest BCUT2D eigenvalue weighted by molar-refractivity contribution is 6.03. The summed E-state index contributed by atoms with van der Waals surface area (Å²) in [5.74, 6) is -0.605. The number of fused-ring (bicyclic) bond motifs is 2. The van der Waals surface area contributed by atoms with Crippen LogP contribution < -0.4 is 10.6 Å². The van der Waals surface area contributed by atoms with E-state index in [1.54, 1.807) is 6.20 Å². The lowest BCUT2D eigenvalue weighted by atomic mass is 9.75. The highest BCUT2D eigenvalue weighted by Crippen LogP contribution is 2.30. The summed E-state index contributed by atoms with van der Waals surface area (Å²) in [5, 5.41) is 7.41. The van der Waals surface area contributed by atoms with E-state index in [-0.39, 0.29) is 23.7 Å². The monoisotopic (exact) mass is 337 g/mol. The van der Waals surface area contributed by atoms with Gasteiger partial charge in [-0.05, 0) is 24.5 Å². The Hall–Kier alpha value is -2.27. The SMILES string of the molecule is O=C(NCc1cccc2cccnc12)C1CNC2CCCCC2C1=O. The minimum Gasteiger partial charge on any atom is -0.351 e. The predicted molar refractivity (Wildman–Crippen MR) is 95.8 cm³/mol. The Morgan fingerprint density at radius 2 is 2.04 bits per heavy atom. The Morgan fingerprint density at radius 3 is 2.96 bits per heavy atom. The fourth-order valence-corrected chi connectivity index (χ4v) is 4.18. The molecule has 2 aromatic rings. The molecule has 1 aromatic carbocycles. The first-order valence-corrected chi connectivity index (χ1v) is 9.11. The molecule has 5 heteroatoms. The van der Waals surface area contributed by atoms with E-state index >= 15 is 0 Å². The molecule has 2 fully saturated rings. The van der Waals surface area contributed by atoms with E-state index in [2.05, 4.69) is 15.6 Å². The molecule has 0 bridgehead atoms. The number of amides is 1. The maximum atomic E-state index is 12.7. The second kappa shape index (κ2) is 6.92. The molecule has 1 amide bonds. The number of ketones is 1. The van der Waals surface area contributed by atoms with Crippen LogP contribution >= 0.6 is 0 Å². The summed E-state index contributed by atoms with van der Waals surface area (Å²) in [7, 11) is 0. The van der Waals surface area contributed by atoms with Crippen molar-refractivity contribution >= 4 is 22.6 Å². The van der Waals surface area contributed by atoms with Gasteiger partial charge < -0.3 is 10.6 Å². The van der Waals surface area contributed by atoms with Gasteiger partial charge in [0.05, 0.1) is 5.52 Å². The van der Waals surface area contributed by atoms with E-state index in [0.29, 0.717) is 13.1 Å². The van der Waals surface area contributed by atoms with Gasteiger partial charge >= 0.3 is 0 Å². The molecule has 1 aromatic heterocycles. The molecule has 0 radical (unpaired) electrons. The van der Waals surface area contributed by atoms with E-state index < -0.39 is 5.92 Å². The number of para-hydroxylation sites is 1. The Morgan fingerprint density at radius 1 is 1.20 bits per heavy atom. The standard InChI is InChI=1S/C20H23N3O2/c24-19-15-8-1-2-9-17(15)22-12-16(19)20(25)23-11-14-6-3-5-13-7-4-10-21-18(13)14/h3-7,10,15-17,22H,1-2,8-9,11-12H2,(H,23,25). The summed E-state index contributed by atoms with van der Waals surface area (Å²) >= 11 is 0. The fourth-order valence-electron chi connectivity index (χ4n) is 4.18. The van der Waals surface area contributed by atoms with Crippen molar-refractivity contribution in [3.05, 3.63) is 42.1 Å². The summed E-state index contributed by atoms with van der Waals surface area (Å²) in [4.78, 5) is 29.7. The third-order valence-corrected chi connectivity index (χ3v) is 5.54. The second-order valence-corrected chi connectivity index (χ2v) is 7.07. The third kappa shape index (κ3) is 3.16. The van der Waals surface area contributed by atoms with Crippen LogP contribution in [0.1, 0.15) is 31.2 Å². The van der Waals surface area contributed by atoms with Crippen LogP contribution in [0, 0.1) is 11.8 Å². The summed E-state index contributed by atoms with van der Waals surface area (Å²) in [6, 6.07) is 10.1. The molecular formula is C20H23N3O2. The van der Waals surface area contributed by atoms with Crippen molar-refractivity contribution in [2.24, 2.45) is 11.8 Å². The number of carbonyl (C=O) groups excluding carboxylic acids is 2. The maximum Gasteiger partial charge on any atom is 0.232 e. The van der Waals surface area contributed by atoms with Crippen LogP contribution in [0.15, 0.2) is 36.5 Å². The number of piperidine rings is 1. The van der Waals surface area contributed by atoms with Crippen molar-refractivity contribution in [1.82, 2.24) is 15.6 Å². The van der Waals surface area contributed by atoms with E-state index in [0.717, 1.165) is 35.7 Å². The molecule has 3 unspecified atom stereocenters. The van der Waals surface area contributed by atoms with E-state index in [1.165, 1.54) is 6.42 Å². The number of carbonyl (C=O) groups is 2. The van der Waals surface area contributed by atoms with Gasteiger partial charge in [-0.15, -0.1) is 0 Å². The van der Waals surface area contributed by atoms with Gasteiger partial charge in [-0.1, -0.05) is 37.1 Å². The number of aromatic nitrogens is 1. The lowest BCUT2D eigenvalue weighted by molar-refractivity contribution is -0.139. The number of nitrogens with one attached hydrogen (secondary N) is 2. The molecular weight excluding hydrogens is 314 g/mol. The summed E-state index contributed by atoms with van der Waals surface area (Å²) in [5.41, 5.74) is 1.86. The zero-order chi connectivity index (χ0) is 17.2. The lowest BCUT2D eigenvalue weighted by Gasteiger charge is -2.38. The van der Waals surface area contributed by atoms with Crippen molar-refractivity contribution in [3.8, 4) is 0 Å². The van der Waals surface area contributed by atoms with Crippen molar-refractivity contribution < 1.29 is 9.59 Å². The minimum atomic E-state index is -0.567. The average molecular weight is 337 g/mol. The van der Waals surface area contributed by atoms with Gasteiger partial charge in [0.1, 0.15) is 5.92 Å². The number of rotatable bonds is 3. The first-order valence-electron chi connectivity index (χ1n) is 9.11. The van der Waals surface area contributed by atoms with Crippen molar-refractivity contribution in [1.29, 1.82) is 0 Å². The second-order valence-electron chi connectivity index (χ2n) is 7.07. The van der Waals surface area contributed by atoms with Crippen LogP contribution in [0.5, 0.6) is 0 Å². The van der Waals surface area contributed by atoms with Gasteiger partial charge in [-0.3, -0.25) is 14.6 Å². The van der Waals surface area contributed by atoms with Crippen molar-refractivity contribution in [3.63, 3.8) is 0 Å². The third-order valence-electron chi connectivity index (χ3n) is 5.54. The average Bonchev–Trinajstić information content (AvgIpc) is 2.66.